The molecule has 0 spiro atoms. The summed E-state index contributed by atoms with van der Waals surface area (Å²) in [5, 5.41) is 14.2. The van der Waals surface area contributed by atoms with Crippen LogP contribution in [-0.4, -0.2) is 27.4 Å². The van der Waals surface area contributed by atoms with Gasteiger partial charge in [0.1, 0.15) is 0 Å². The van der Waals surface area contributed by atoms with Crippen LogP contribution in [-0.2, 0) is 11.2 Å². The molecule has 0 saturated heterocycles. The lowest BCUT2D eigenvalue weighted by Crippen LogP contribution is -2.23. The van der Waals surface area contributed by atoms with Gasteiger partial charge in [-0.05, 0) is 44.6 Å². The van der Waals surface area contributed by atoms with E-state index in [2.05, 4.69) is 16.5 Å². The largest absolute Gasteiger partial charge is 0.387 e. The van der Waals surface area contributed by atoms with Crippen molar-refractivity contribution < 1.29 is 9.84 Å². The molecule has 0 fully saturated rings. The average molecular weight is 258 g/mol. The van der Waals surface area contributed by atoms with Crippen LogP contribution >= 0.6 is 11.5 Å². The lowest BCUT2D eigenvalue weighted by atomic mass is 9.98. The average Bonchev–Trinajstić information content (AvgIpc) is 2.75. The number of aliphatic hydroxyl groups excluding tert-OH is 1. The number of rotatable bonds is 7. The van der Waals surface area contributed by atoms with Gasteiger partial charge in [0.15, 0.2) is 0 Å². The van der Waals surface area contributed by atoms with Crippen LogP contribution in [0.15, 0.2) is 0 Å². The smallest absolute Gasteiger partial charge is 0.0918 e. The molecule has 1 rings (SSSR count). The third kappa shape index (κ3) is 4.33. The highest BCUT2D eigenvalue weighted by atomic mass is 32.1. The van der Waals surface area contributed by atoms with E-state index in [0.29, 0.717) is 6.42 Å². The molecule has 17 heavy (non-hydrogen) atoms. The molecule has 0 aliphatic heterocycles. The monoisotopic (exact) mass is 258 g/mol. The normalized spacial score (nSPS) is 13.9. The molecule has 0 aliphatic carbocycles. The molecule has 0 aromatic carbocycles. The zero-order valence-corrected chi connectivity index (χ0v) is 11.9. The van der Waals surface area contributed by atoms with Crippen molar-refractivity contribution in [2.75, 3.05) is 7.11 Å². The maximum absolute atomic E-state index is 10.2. The van der Waals surface area contributed by atoms with Gasteiger partial charge in [-0.2, -0.15) is 0 Å². The van der Waals surface area contributed by atoms with Crippen LogP contribution in [0.25, 0.3) is 0 Å². The molecule has 1 aromatic rings. The summed E-state index contributed by atoms with van der Waals surface area (Å²) in [4.78, 5) is 0.916. The minimum atomic E-state index is -0.467. The first kappa shape index (κ1) is 14.5. The molecule has 0 aliphatic rings. The molecule has 0 saturated carbocycles. The Bertz CT molecular complexity index is 339. The van der Waals surface area contributed by atoms with Crippen molar-refractivity contribution >= 4 is 11.5 Å². The van der Waals surface area contributed by atoms with E-state index in [0.717, 1.165) is 29.8 Å². The van der Waals surface area contributed by atoms with Gasteiger partial charge >= 0.3 is 0 Å². The lowest BCUT2D eigenvalue weighted by Gasteiger charge is -2.23. The maximum atomic E-state index is 10.2. The van der Waals surface area contributed by atoms with E-state index in [4.69, 9.17) is 4.74 Å². The number of methoxy groups -OCH3 is 1. The number of nitrogens with zero attached hydrogens (tertiary/aromatic N) is 2. The summed E-state index contributed by atoms with van der Waals surface area (Å²) in [6, 6.07) is 0. The Balaban J connectivity index is 2.57. The second-order valence-electron chi connectivity index (χ2n) is 4.85. The van der Waals surface area contributed by atoms with Gasteiger partial charge in [-0.15, -0.1) is 5.10 Å². The van der Waals surface area contributed by atoms with Crippen LogP contribution in [0, 0.1) is 0 Å². The fourth-order valence-corrected chi connectivity index (χ4v) is 2.31. The predicted molar refractivity (Wildman–Crippen MR) is 69.2 cm³/mol. The van der Waals surface area contributed by atoms with Gasteiger partial charge < -0.3 is 9.84 Å². The van der Waals surface area contributed by atoms with Crippen LogP contribution in [0.1, 0.15) is 56.7 Å². The molecule has 0 radical (unpaired) electrons. The molecular formula is C12H22N2O2S. The summed E-state index contributed by atoms with van der Waals surface area (Å²) >= 11 is 1.30. The van der Waals surface area contributed by atoms with Crippen LogP contribution in [0.2, 0.25) is 0 Å². The quantitative estimate of drug-likeness (QED) is 0.817. The number of aryl methyl sites for hydroxylation is 1. The first-order valence-electron chi connectivity index (χ1n) is 6.04. The van der Waals surface area contributed by atoms with Gasteiger partial charge in [-0.25, -0.2) is 0 Å². The van der Waals surface area contributed by atoms with Crippen LogP contribution in [0.5, 0.6) is 0 Å². The first-order valence-corrected chi connectivity index (χ1v) is 6.82. The van der Waals surface area contributed by atoms with Crippen LogP contribution < -0.4 is 0 Å². The van der Waals surface area contributed by atoms with E-state index in [-0.39, 0.29) is 5.60 Å². The molecule has 0 amide bonds. The van der Waals surface area contributed by atoms with Gasteiger partial charge in [0.25, 0.3) is 0 Å². The number of ether oxygens (including phenoxy) is 1. The second-order valence-corrected chi connectivity index (χ2v) is 5.64. The molecule has 1 aromatic heterocycles. The Hall–Kier alpha value is -0.520. The standard InChI is InChI=1S/C12H22N2O2S/c1-5-6-9-11(17-14-13-9)10(15)7-8-12(2,3)16-4/h10,15H,5-8H2,1-4H3. The summed E-state index contributed by atoms with van der Waals surface area (Å²) in [5.41, 5.74) is 0.754. The van der Waals surface area contributed by atoms with Crippen molar-refractivity contribution in [3.05, 3.63) is 10.6 Å². The van der Waals surface area contributed by atoms with Crippen molar-refractivity contribution in [2.45, 2.75) is 58.2 Å². The Kier molecular flexibility index (Phi) is 5.49. The van der Waals surface area contributed by atoms with Gasteiger partial charge in [0.2, 0.25) is 0 Å². The Labute approximate surface area is 107 Å². The highest BCUT2D eigenvalue weighted by Crippen LogP contribution is 2.28. The number of aliphatic hydroxyl groups is 1. The minimum Gasteiger partial charge on any atom is -0.387 e. The minimum absolute atomic E-state index is 0.190. The van der Waals surface area contributed by atoms with E-state index in [1.807, 2.05) is 13.8 Å². The summed E-state index contributed by atoms with van der Waals surface area (Å²) in [7, 11) is 1.70. The van der Waals surface area contributed by atoms with E-state index in [9.17, 15) is 5.11 Å². The molecular weight excluding hydrogens is 236 g/mol. The lowest BCUT2D eigenvalue weighted by molar-refractivity contribution is 0.00300. The van der Waals surface area contributed by atoms with Gasteiger partial charge in [0.05, 0.1) is 22.3 Å². The zero-order valence-electron chi connectivity index (χ0n) is 11.1. The maximum Gasteiger partial charge on any atom is 0.0918 e. The van der Waals surface area contributed by atoms with E-state index in [1.54, 1.807) is 7.11 Å². The number of hydrogen-bond acceptors (Lipinski definition) is 5. The zero-order chi connectivity index (χ0) is 12.9. The molecule has 4 nitrogen and oxygen atoms in total. The topological polar surface area (TPSA) is 55.2 Å². The van der Waals surface area contributed by atoms with E-state index < -0.39 is 6.10 Å². The Morgan fingerprint density at radius 1 is 1.47 bits per heavy atom. The third-order valence-electron chi connectivity index (χ3n) is 2.95. The number of aromatic nitrogens is 2. The van der Waals surface area contributed by atoms with Crippen LogP contribution in [0.3, 0.4) is 0 Å². The van der Waals surface area contributed by atoms with Crippen LogP contribution in [0.4, 0.5) is 0 Å². The van der Waals surface area contributed by atoms with Crippen molar-refractivity contribution in [3.8, 4) is 0 Å². The van der Waals surface area contributed by atoms with Crippen molar-refractivity contribution in [3.63, 3.8) is 0 Å². The van der Waals surface area contributed by atoms with Gasteiger partial charge in [-0.1, -0.05) is 17.8 Å². The Morgan fingerprint density at radius 2 is 2.18 bits per heavy atom. The summed E-state index contributed by atoms with van der Waals surface area (Å²) in [6.07, 6.45) is 2.94. The second kappa shape index (κ2) is 6.42. The summed E-state index contributed by atoms with van der Waals surface area (Å²) in [5.74, 6) is 0. The SMILES string of the molecule is CCCc1nnsc1C(O)CCC(C)(C)OC. The molecule has 1 atom stereocenters. The van der Waals surface area contributed by atoms with Crippen molar-refractivity contribution in [2.24, 2.45) is 0 Å². The molecule has 0 bridgehead atoms. The number of hydrogen-bond donors (Lipinski definition) is 1. The first-order chi connectivity index (χ1) is 8.00. The Morgan fingerprint density at radius 3 is 2.76 bits per heavy atom. The highest BCUT2D eigenvalue weighted by Gasteiger charge is 2.22. The van der Waals surface area contributed by atoms with Gasteiger partial charge in [-0.3, -0.25) is 0 Å². The van der Waals surface area contributed by atoms with E-state index in [1.165, 1.54) is 11.5 Å². The van der Waals surface area contributed by atoms with Gasteiger partial charge in [0, 0.05) is 7.11 Å². The predicted octanol–water partition coefficient (Wildman–Crippen LogP) is 2.73. The summed E-state index contributed by atoms with van der Waals surface area (Å²) < 4.78 is 9.27. The molecule has 98 valence electrons. The fraction of sp³-hybridized carbons (Fsp3) is 0.833. The third-order valence-corrected chi connectivity index (χ3v) is 3.81. The molecule has 5 heteroatoms. The molecule has 1 N–H and O–H groups in total. The van der Waals surface area contributed by atoms with Crippen molar-refractivity contribution in [1.29, 1.82) is 0 Å². The van der Waals surface area contributed by atoms with E-state index >= 15 is 0 Å². The highest BCUT2D eigenvalue weighted by molar-refractivity contribution is 7.05. The fourth-order valence-electron chi connectivity index (χ4n) is 1.60. The molecule has 1 heterocycles. The summed E-state index contributed by atoms with van der Waals surface area (Å²) in [6.45, 7) is 6.15. The molecule has 1 unspecified atom stereocenters. The van der Waals surface area contributed by atoms with Crippen molar-refractivity contribution in [1.82, 2.24) is 9.59 Å².